The first-order chi connectivity index (χ1) is 11.1. The molecule has 0 radical (unpaired) electrons. The summed E-state index contributed by atoms with van der Waals surface area (Å²) < 4.78 is 6.57. The molecule has 0 saturated heterocycles. The number of furan rings is 1. The number of aliphatic hydroxyl groups excluding tert-OH is 1. The average Bonchev–Trinajstić information content (AvgIpc) is 3.16. The van der Waals surface area contributed by atoms with E-state index in [1.165, 1.54) is 0 Å². The van der Waals surface area contributed by atoms with E-state index >= 15 is 0 Å². The number of benzene rings is 1. The number of aliphatic hydroxyl groups is 1. The van der Waals surface area contributed by atoms with Crippen LogP contribution in [0.1, 0.15) is 28.9 Å². The minimum Gasteiger partial charge on any atom is -0.466 e. The van der Waals surface area contributed by atoms with Gasteiger partial charge < -0.3 is 14.8 Å². The highest BCUT2D eigenvalue weighted by atomic mass is 32.1. The zero-order valence-electron chi connectivity index (χ0n) is 12.9. The van der Waals surface area contributed by atoms with Gasteiger partial charge in [0.25, 0.3) is 0 Å². The fourth-order valence-corrected chi connectivity index (χ4v) is 3.47. The van der Waals surface area contributed by atoms with E-state index in [-0.39, 0.29) is 12.5 Å². The number of carbonyl (C=O) groups is 1. The molecule has 0 aliphatic rings. The Hall–Kier alpha value is -2.11. The summed E-state index contributed by atoms with van der Waals surface area (Å²) in [6.07, 6.45) is 0.243. The number of hydrogen-bond acceptors (Lipinski definition) is 4. The number of rotatable bonds is 6. The van der Waals surface area contributed by atoms with Crippen molar-refractivity contribution in [3.05, 3.63) is 58.9 Å². The molecular weight excluding hydrogens is 310 g/mol. The smallest absolute Gasteiger partial charge is 0.220 e. The van der Waals surface area contributed by atoms with Gasteiger partial charge in [-0.05, 0) is 36.6 Å². The molecule has 3 aromatic rings. The highest BCUT2D eigenvalue weighted by Crippen LogP contribution is 2.29. The van der Waals surface area contributed by atoms with Crippen LogP contribution in [0.2, 0.25) is 0 Å². The Balaban J connectivity index is 1.49. The maximum atomic E-state index is 11.9. The lowest BCUT2D eigenvalue weighted by Gasteiger charge is -2.09. The number of carbonyl (C=O) groups excluding carboxylic acids is 1. The highest BCUT2D eigenvalue weighted by Gasteiger charge is 2.13. The first kappa shape index (κ1) is 15.8. The van der Waals surface area contributed by atoms with E-state index in [1.54, 1.807) is 11.3 Å². The Morgan fingerprint density at radius 3 is 2.87 bits per heavy atom. The average molecular weight is 329 g/mol. The van der Waals surface area contributed by atoms with Crippen molar-refractivity contribution in [1.29, 1.82) is 0 Å². The second kappa shape index (κ2) is 6.98. The number of hydrogen-bond donors (Lipinski definition) is 2. The van der Waals surface area contributed by atoms with Gasteiger partial charge in [-0.25, -0.2) is 0 Å². The summed E-state index contributed by atoms with van der Waals surface area (Å²) in [5, 5.41) is 14.1. The Morgan fingerprint density at radius 1 is 1.30 bits per heavy atom. The molecule has 2 heterocycles. The van der Waals surface area contributed by atoms with Crippen molar-refractivity contribution in [3.63, 3.8) is 0 Å². The predicted octanol–water partition coefficient (Wildman–Crippen LogP) is 3.59. The molecular formula is C18H19NO3S. The third-order valence-corrected chi connectivity index (χ3v) is 4.88. The van der Waals surface area contributed by atoms with Crippen molar-refractivity contribution in [2.24, 2.45) is 0 Å². The molecule has 0 fully saturated rings. The summed E-state index contributed by atoms with van der Waals surface area (Å²) in [5.74, 6) is 1.57. The van der Waals surface area contributed by atoms with Crippen molar-refractivity contribution in [2.75, 3.05) is 6.54 Å². The van der Waals surface area contributed by atoms with E-state index < -0.39 is 6.10 Å². The molecule has 4 nitrogen and oxygen atoms in total. The van der Waals surface area contributed by atoms with Crippen LogP contribution in [-0.2, 0) is 11.2 Å². The molecule has 1 aromatic carbocycles. The highest BCUT2D eigenvalue weighted by molar-refractivity contribution is 7.19. The molecule has 0 unspecified atom stereocenters. The van der Waals surface area contributed by atoms with Gasteiger partial charge in [-0.2, -0.15) is 0 Å². The first-order valence-corrected chi connectivity index (χ1v) is 8.42. The van der Waals surface area contributed by atoms with Gasteiger partial charge >= 0.3 is 0 Å². The molecule has 0 aliphatic carbocycles. The fourth-order valence-electron chi connectivity index (χ4n) is 2.42. The SMILES string of the molecule is Cc1ccc(CCC(=O)NC[C@@H](O)c2cc3ccccc3s2)o1. The molecule has 2 aromatic heterocycles. The van der Waals surface area contributed by atoms with Crippen LogP contribution < -0.4 is 5.32 Å². The summed E-state index contributed by atoms with van der Waals surface area (Å²) in [6, 6.07) is 13.7. The lowest BCUT2D eigenvalue weighted by atomic mass is 10.2. The van der Waals surface area contributed by atoms with Crippen LogP contribution in [0.15, 0.2) is 46.9 Å². The van der Waals surface area contributed by atoms with Gasteiger partial charge in [0.15, 0.2) is 0 Å². The molecule has 3 rings (SSSR count). The van der Waals surface area contributed by atoms with Crippen molar-refractivity contribution in [3.8, 4) is 0 Å². The van der Waals surface area contributed by atoms with E-state index in [0.29, 0.717) is 12.8 Å². The van der Waals surface area contributed by atoms with Crippen LogP contribution in [0.4, 0.5) is 0 Å². The largest absolute Gasteiger partial charge is 0.466 e. The van der Waals surface area contributed by atoms with E-state index in [2.05, 4.69) is 5.32 Å². The molecule has 23 heavy (non-hydrogen) atoms. The zero-order valence-corrected chi connectivity index (χ0v) is 13.7. The van der Waals surface area contributed by atoms with Gasteiger partial charge in [0.2, 0.25) is 5.91 Å². The normalized spacial score (nSPS) is 12.4. The number of aryl methyl sites for hydroxylation is 2. The number of nitrogens with one attached hydrogen (secondary N) is 1. The Kier molecular flexibility index (Phi) is 4.79. The lowest BCUT2D eigenvalue weighted by molar-refractivity contribution is -0.121. The predicted molar refractivity (Wildman–Crippen MR) is 91.6 cm³/mol. The standard InChI is InChI=1S/C18H19NO3S/c1-12-6-7-14(22-12)8-9-18(21)19-11-15(20)17-10-13-4-2-3-5-16(13)23-17/h2-7,10,15,20H,8-9,11H2,1H3,(H,19,21)/t15-/m1/s1. The lowest BCUT2D eigenvalue weighted by Crippen LogP contribution is -2.28. The molecule has 5 heteroatoms. The molecule has 0 aliphatic heterocycles. The van der Waals surface area contributed by atoms with E-state index in [4.69, 9.17) is 4.42 Å². The molecule has 0 bridgehead atoms. The van der Waals surface area contributed by atoms with Crippen LogP contribution in [0.5, 0.6) is 0 Å². The van der Waals surface area contributed by atoms with Gasteiger partial charge in [0.05, 0.1) is 0 Å². The first-order valence-electron chi connectivity index (χ1n) is 7.60. The zero-order chi connectivity index (χ0) is 16.2. The maximum Gasteiger partial charge on any atom is 0.220 e. The Labute approximate surface area is 138 Å². The number of fused-ring (bicyclic) bond motifs is 1. The molecule has 0 spiro atoms. The molecule has 1 amide bonds. The summed E-state index contributed by atoms with van der Waals surface area (Å²) in [6.45, 7) is 2.10. The number of thiophene rings is 1. The van der Waals surface area contributed by atoms with Crippen LogP contribution in [-0.4, -0.2) is 17.6 Å². The van der Waals surface area contributed by atoms with Gasteiger partial charge in [0, 0.05) is 29.0 Å². The van der Waals surface area contributed by atoms with Gasteiger partial charge in [-0.15, -0.1) is 11.3 Å². The van der Waals surface area contributed by atoms with Crippen LogP contribution in [0.25, 0.3) is 10.1 Å². The summed E-state index contributed by atoms with van der Waals surface area (Å²) in [4.78, 5) is 12.7. The van der Waals surface area contributed by atoms with Gasteiger partial charge in [0.1, 0.15) is 17.6 Å². The van der Waals surface area contributed by atoms with Crippen LogP contribution in [0.3, 0.4) is 0 Å². The molecule has 2 N–H and O–H groups in total. The number of amides is 1. The third-order valence-electron chi connectivity index (χ3n) is 3.66. The topological polar surface area (TPSA) is 62.5 Å². The van der Waals surface area contributed by atoms with Crippen molar-refractivity contribution < 1.29 is 14.3 Å². The molecule has 1 atom stereocenters. The summed E-state index contributed by atoms with van der Waals surface area (Å²) in [7, 11) is 0. The minimum atomic E-state index is -0.679. The molecule has 120 valence electrons. The van der Waals surface area contributed by atoms with E-state index in [1.807, 2.05) is 49.4 Å². The van der Waals surface area contributed by atoms with Crippen LogP contribution in [0, 0.1) is 6.92 Å². The van der Waals surface area contributed by atoms with Crippen molar-refractivity contribution >= 4 is 27.3 Å². The fraction of sp³-hybridized carbons (Fsp3) is 0.278. The van der Waals surface area contributed by atoms with Crippen LogP contribution >= 0.6 is 11.3 Å². The Morgan fingerprint density at radius 2 is 2.13 bits per heavy atom. The van der Waals surface area contributed by atoms with Crippen molar-refractivity contribution in [2.45, 2.75) is 25.9 Å². The van der Waals surface area contributed by atoms with E-state index in [0.717, 1.165) is 26.5 Å². The molecule has 0 saturated carbocycles. The van der Waals surface area contributed by atoms with Crippen molar-refractivity contribution in [1.82, 2.24) is 5.32 Å². The third kappa shape index (κ3) is 4.00. The summed E-state index contributed by atoms with van der Waals surface area (Å²) in [5.41, 5.74) is 0. The minimum absolute atomic E-state index is 0.0841. The second-order valence-electron chi connectivity index (χ2n) is 5.52. The second-order valence-corrected chi connectivity index (χ2v) is 6.63. The quantitative estimate of drug-likeness (QED) is 0.726. The van der Waals surface area contributed by atoms with Gasteiger partial charge in [-0.1, -0.05) is 18.2 Å². The maximum absolute atomic E-state index is 11.9. The van der Waals surface area contributed by atoms with E-state index in [9.17, 15) is 9.90 Å². The monoisotopic (exact) mass is 329 g/mol. The Bertz CT molecular complexity index is 772. The summed E-state index contributed by atoms with van der Waals surface area (Å²) >= 11 is 1.55. The van der Waals surface area contributed by atoms with Gasteiger partial charge in [-0.3, -0.25) is 4.79 Å².